The van der Waals surface area contributed by atoms with Crippen molar-refractivity contribution in [2.45, 2.75) is 20.4 Å². The number of ether oxygens (including phenoxy) is 1. The molecule has 0 saturated heterocycles. The van der Waals surface area contributed by atoms with Crippen LogP contribution in [0.15, 0.2) is 36.5 Å². The predicted octanol–water partition coefficient (Wildman–Crippen LogP) is 5.29. The van der Waals surface area contributed by atoms with Gasteiger partial charge in [0.15, 0.2) is 5.75 Å². The molecule has 0 aliphatic carbocycles. The van der Waals surface area contributed by atoms with Crippen molar-refractivity contribution in [1.29, 1.82) is 0 Å². The SMILES string of the molecule is Cc1nn(CC(=O)Nc2ccccc2Oc2ncc(Cl)cc2Cl)c(C)c1Cl. The number of pyridine rings is 1. The zero-order valence-electron chi connectivity index (χ0n) is 14.5. The van der Waals surface area contributed by atoms with Crippen LogP contribution in [0.3, 0.4) is 0 Å². The zero-order valence-corrected chi connectivity index (χ0v) is 16.7. The average molecular weight is 426 g/mol. The van der Waals surface area contributed by atoms with Crippen LogP contribution in [-0.4, -0.2) is 20.7 Å². The first-order valence-corrected chi connectivity index (χ1v) is 9.06. The Labute approximate surface area is 171 Å². The molecular formula is C18H15Cl3N4O2. The quantitative estimate of drug-likeness (QED) is 0.603. The van der Waals surface area contributed by atoms with E-state index in [0.717, 1.165) is 5.69 Å². The van der Waals surface area contributed by atoms with Gasteiger partial charge in [0.25, 0.3) is 0 Å². The third-order valence-electron chi connectivity index (χ3n) is 3.73. The first-order chi connectivity index (χ1) is 12.8. The highest BCUT2D eigenvalue weighted by Crippen LogP contribution is 2.33. The number of anilines is 1. The lowest BCUT2D eigenvalue weighted by atomic mass is 10.3. The Bertz CT molecular complexity index is 1000. The normalized spacial score (nSPS) is 10.7. The summed E-state index contributed by atoms with van der Waals surface area (Å²) in [4.78, 5) is 16.5. The number of halogens is 3. The highest BCUT2D eigenvalue weighted by atomic mass is 35.5. The standard InChI is InChI=1S/C18H15Cl3N4O2/c1-10-17(21)11(2)25(24-10)9-16(26)23-14-5-3-4-6-15(14)27-18-13(20)7-12(19)8-22-18/h3-8H,9H2,1-2H3,(H,23,26). The van der Waals surface area contributed by atoms with Gasteiger partial charge in [0.05, 0.1) is 27.1 Å². The summed E-state index contributed by atoms with van der Waals surface area (Å²) >= 11 is 18.1. The van der Waals surface area contributed by atoms with Crippen LogP contribution in [0.1, 0.15) is 11.4 Å². The smallest absolute Gasteiger partial charge is 0.246 e. The van der Waals surface area contributed by atoms with Crippen molar-refractivity contribution in [2.75, 3.05) is 5.32 Å². The van der Waals surface area contributed by atoms with Crippen molar-refractivity contribution in [3.8, 4) is 11.6 Å². The molecule has 2 heterocycles. The van der Waals surface area contributed by atoms with Gasteiger partial charge in [0, 0.05) is 6.20 Å². The minimum absolute atomic E-state index is 0.0215. The number of rotatable bonds is 5. The number of aryl methyl sites for hydroxylation is 1. The lowest BCUT2D eigenvalue weighted by molar-refractivity contribution is -0.116. The van der Waals surface area contributed by atoms with Crippen molar-refractivity contribution in [3.05, 3.63) is 63.0 Å². The van der Waals surface area contributed by atoms with Gasteiger partial charge in [0.2, 0.25) is 11.8 Å². The number of nitrogens with one attached hydrogen (secondary N) is 1. The third kappa shape index (κ3) is 4.53. The molecule has 0 atom stereocenters. The molecule has 0 bridgehead atoms. The maximum absolute atomic E-state index is 12.4. The molecule has 1 N–H and O–H groups in total. The second-order valence-corrected chi connectivity index (χ2v) is 6.95. The van der Waals surface area contributed by atoms with Crippen LogP contribution in [0.2, 0.25) is 15.1 Å². The summed E-state index contributed by atoms with van der Waals surface area (Å²) in [5, 5.41) is 8.27. The number of para-hydroxylation sites is 2. The summed E-state index contributed by atoms with van der Waals surface area (Å²) in [5.74, 6) is 0.311. The number of carbonyl (C=O) groups excluding carboxylic acids is 1. The van der Waals surface area contributed by atoms with Gasteiger partial charge in [-0.25, -0.2) is 4.98 Å². The molecule has 0 fully saturated rings. The van der Waals surface area contributed by atoms with E-state index in [-0.39, 0.29) is 23.4 Å². The lowest BCUT2D eigenvalue weighted by Crippen LogP contribution is -2.20. The Hall–Kier alpha value is -2.28. The first-order valence-electron chi connectivity index (χ1n) is 7.92. The molecule has 1 amide bonds. The fourth-order valence-electron chi connectivity index (χ4n) is 2.39. The molecule has 0 spiro atoms. The lowest BCUT2D eigenvalue weighted by Gasteiger charge is -2.13. The van der Waals surface area contributed by atoms with E-state index < -0.39 is 0 Å². The molecule has 0 aliphatic rings. The van der Waals surface area contributed by atoms with Crippen molar-refractivity contribution < 1.29 is 9.53 Å². The summed E-state index contributed by atoms with van der Waals surface area (Å²) in [6, 6.07) is 8.49. The monoisotopic (exact) mass is 424 g/mol. The highest BCUT2D eigenvalue weighted by molar-refractivity contribution is 6.35. The highest BCUT2D eigenvalue weighted by Gasteiger charge is 2.15. The fraction of sp³-hybridized carbons (Fsp3) is 0.167. The minimum atomic E-state index is -0.275. The molecule has 27 heavy (non-hydrogen) atoms. The van der Waals surface area contributed by atoms with Crippen molar-refractivity contribution >= 4 is 46.4 Å². The fourth-order valence-corrected chi connectivity index (χ4v) is 2.95. The Morgan fingerprint density at radius 2 is 1.96 bits per heavy atom. The predicted molar refractivity (Wildman–Crippen MR) is 106 cm³/mol. The van der Waals surface area contributed by atoms with E-state index in [0.29, 0.717) is 27.2 Å². The topological polar surface area (TPSA) is 69.0 Å². The van der Waals surface area contributed by atoms with Gasteiger partial charge in [-0.15, -0.1) is 0 Å². The Morgan fingerprint density at radius 1 is 1.22 bits per heavy atom. The van der Waals surface area contributed by atoms with Crippen LogP contribution in [0.4, 0.5) is 5.69 Å². The molecular weight excluding hydrogens is 411 g/mol. The molecule has 0 radical (unpaired) electrons. The number of aromatic nitrogens is 3. The van der Waals surface area contributed by atoms with E-state index in [2.05, 4.69) is 15.4 Å². The molecule has 6 nitrogen and oxygen atoms in total. The van der Waals surface area contributed by atoms with Gasteiger partial charge < -0.3 is 10.1 Å². The van der Waals surface area contributed by atoms with E-state index in [4.69, 9.17) is 39.5 Å². The van der Waals surface area contributed by atoms with E-state index in [1.807, 2.05) is 0 Å². The van der Waals surface area contributed by atoms with Gasteiger partial charge in [-0.2, -0.15) is 5.10 Å². The van der Waals surface area contributed by atoms with Crippen molar-refractivity contribution in [2.24, 2.45) is 0 Å². The Kier molecular flexibility index (Phi) is 5.89. The van der Waals surface area contributed by atoms with Crippen LogP contribution in [-0.2, 0) is 11.3 Å². The largest absolute Gasteiger partial charge is 0.435 e. The number of hydrogen-bond acceptors (Lipinski definition) is 4. The molecule has 3 rings (SSSR count). The third-order valence-corrected chi connectivity index (χ3v) is 4.75. The van der Waals surface area contributed by atoms with Crippen LogP contribution < -0.4 is 10.1 Å². The Balaban J connectivity index is 1.77. The van der Waals surface area contributed by atoms with Gasteiger partial charge in [-0.05, 0) is 32.0 Å². The summed E-state index contributed by atoms with van der Waals surface area (Å²) in [5.41, 5.74) is 1.88. The van der Waals surface area contributed by atoms with Crippen molar-refractivity contribution in [3.63, 3.8) is 0 Å². The number of hydrogen-bond donors (Lipinski definition) is 1. The summed E-state index contributed by atoms with van der Waals surface area (Å²) in [6.45, 7) is 3.62. The molecule has 9 heteroatoms. The maximum atomic E-state index is 12.4. The number of amides is 1. The number of nitrogens with zero attached hydrogens (tertiary/aromatic N) is 3. The van der Waals surface area contributed by atoms with Crippen LogP contribution >= 0.6 is 34.8 Å². The minimum Gasteiger partial charge on any atom is -0.435 e. The number of benzene rings is 1. The second kappa shape index (κ2) is 8.17. The zero-order chi connectivity index (χ0) is 19.6. The van der Waals surface area contributed by atoms with Crippen LogP contribution in [0.25, 0.3) is 0 Å². The first kappa shape index (κ1) is 19.5. The van der Waals surface area contributed by atoms with Crippen LogP contribution in [0.5, 0.6) is 11.6 Å². The molecule has 0 aliphatic heterocycles. The Morgan fingerprint density at radius 3 is 2.63 bits per heavy atom. The van der Waals surface area contributed by atoms with E-state index in [9.17, 15) is 4.79 Å². The van der Waals surface area contributed by atoms with Gasteiger partial charge in [-0.1, -0.05) is 46.9 Å². The van der Waals surface area contributed by atoms with E-state index >= 15 is 0 Å². The molecule has 0 saturated carbocycles. The molecule has 1 aromatic carbocycles. The second-order valence-electron chi connectivity index (χ2n) is 5.73. The van der Waals surface area contributed by atoms with Gasteiger partial charge in [0.1, 0.15) is 11.6 Å². The van der Waals surface area contributed by atoms with Gasteiger partial charge >= 0.3 is 0 Å². The molecule has 2 aromatic heterocycles. The summed E-state index contributed by atoms with van der Waals surface area (Å²) in [6.07, 6.45) is 1.43. The molecule has 0 unspecified atom stereocenters. The average Bonchev–Trinajstić information content (AvgIpc) is 2.85. The molecule has 140 valence electrons. The van der Waals surface area contributed by atoms with Crippen molar-refractivity contribution in [1.82, 2.24) is 14.8 Å². The van der Waals surface area contributed by atoms with E-state index in [1.165, 1.54) is 12.3 Å². The number of carbonyl (C=O) groups is 1. The summed E-state index contributed by atoms with van der Waals surface area (Å²) in [7, 11) is 0. The van der Waals surface area contributed by atoms with E-state index in [1.54, 1.807) is 42.8 Å². The maximum Gasteiger partial charge on any atom is 0.246 e. The molecule has 3 aromatic rings. The van der Waals surface area contributed by atoms with Gasteiger partial charge in [-0.3, -0.25) is 9.48 Å². The van der Waals surface area contributed by atoms with Crippen LogP contribution in [0, 0.1) is 13.8 Å². The summed E-state index contributed by atoms with van der Waals surface area (Å²) < 4.78 is 7.28.